The van der Waals surface area contributed by atoms with E-state index >= 15 is 0 Å². The van der Waals surface area contributed by atoms with Crippen LogP contribution >= 0.6 is 0 Å². The van der Waals surface area contributed by atoms with Gasteiger partial charge in [0, 0.05) is 45.1 Å². The van der Waals surface area contributed by atoms with Gasteiger partial charge in [-0.2, -0.15) is 0 Å². The van der Waals surface area contributed by atoms with Gasteiger partial charge in [-0.05, 0) is 18.6 Å². The molecule has 0 saturated heterocycles. The molecule has 0 aromatic heterocycles. The average molecular weight is 226 g/mol. The highest BCUT2D eigenvalue weighted by molar-refractivity contribution is 5.47. The Hall–Kier alpha value is -1.13. The second kappa shape index (κ2) is 6.45. The quantitative estimate of drug-likeness (QED) is 0.751. The van der Waals surface area contributed by atoms with Crippen LogP contribution in [-0.4, -0.2) is 27.3 Å². The highest BCUT2D eigenvalue weighted by Gasteiger charge is 2.05. The zero-order chi connectivity index (χ0) is 12.0. The summed E-state index contributed by atoms with van der Waals surface area (Å²) in [6.07, 6.45) is 0.924. The predicted molar refractivity (Wildman–Crippen MR) is 64.1 cm³/mol. The summed E-state index contributed by atoms with van der Waals surface area (Å²) >= 11 is 0. The monoisotopic (exact) mass is 226 g/mol. The predicted octanol–water partition coefficient (Wildman–Crippen LogP) is 1.76. The number of nitrogens with zero attached hydrogens (tertiary/aromatic N) is 1. The Morgan fingerprint density at radius 2 is 2.19 bits per heavy atom. The summed E-state index contributed by atoms with van der Waals surface area (Å²) in [5, 5.41) is 0. The van der Waals surface area contributed by atoms with Crippen LogP contribution in [0.1, 0.15) is 12.0 Å². The van der Waals surface area contributed by atoms with E-state index in [2.05, 4.69) is 0 Å². The number of rotatable bonds is 6. The number of methoxy groups -OCH3 is 1. The van der Waals surface area contributed by atoms with E-state index in [1.54, 1.807) is 13.2 Å². The fourth-order valence-corrected chi connectivity index (χ4v) is 1.51. The van der Waals surface area contributed by atoms with E-state index in [1.165, 1.54) is 6.07 Å². The molecule has 0 fully saturated rings. The van der Waals surface area contributed by atoms with Crippen LogP contribution in [0.2, 0.25) is 0 Å². The topological polar surface area (TPSA) is 38.5 Å². The molecule has 0 amide bonds. The van der Waals surface area contributed by atoms with Gasteiger partial charge in [-0.1, -0.05) is 6.07 Å². The van der Waals surface area contributed by atoms with E-state index in [4.69, 9.17) is 10.5 Å². The Kier molecular flexibility index (Phi) is 5.22. The van der Waals surface area contributed by atoms with E-state index in [-0.39, 0.29) is 12.4 Å². The molecule has 0 spiro atoms. The molecule has 0 saturated carbocycles. The smallest absolute Gasteiger partial charge is 0.129 e. The molecule has 3 nitrogen and oxygen atoms in total. The molecule has 1 aromatic carbocycles. The Labute approximate surface area is 96.0 Å². The lowest BCUT2D eigenvalue weighted by Gasteiger charge is -2.19. The fourth-order valence-electron chi connectivity index (χ4n) is 1.51. The Morgan fingerprint density at radius 3 is 2.75 bits per heavy atom. The first-order valence-electron chi connectivity index (χ1n) is 5.37. The van der Waals surface area contributed by atoms with Gasteiger partial charge in [0.2, 0.25) is 0 Å². The molecule has 0 aliphatic heterocycles. The first-order valence-corrected chi connectivity index (χ1v) is 5.37. The van der Waals surface area contributed by atoms with Crippen LogP contribution in [-0.2, 0) is 11.3 Å². The van der Waals surface area contributed by atoms with Crippen LogP contribution < -0.4 is 10.6 Å². The third-order valence-electron chi connectivity index (χ3n) is 2.54. The molecular formula is C12H19FN2O. The van der Waals surface area contributed by atoms with Crippen LogP contribution in [0.5, 0.6) is 0 Å². The second-order valence-corrected chi connectivity index (χ2v) is 3.75. The summed E-state index contributed by atoms with van der Waals surface area (Å²) in [6.45, 7) is 1.79. The molecule has 0 radical (unpaired) electrons. The first kappa shape index (κ1) is 12.9. The maximum atomic E-state index is 13.5. The van der Waals surface area contributed by atoms with Gasteiger partial charge in [0.25, 0.3) is 0 Å². The van der Waals surface area contributed by atoms with Crippen LogP contribution in [0.4, 0.5) is 10.1 Å². The third kappa shape index (κ3) is 3.47. The van der Waals surface area contributed by atoms with E-state index in [9.17, 15) is 4.39 Å². The molecule has 16 heavy (non-hydrogen) atoms. The summed E-state index contributed by atoms with van der Waals surface area (Å²) in [7, 11) is 3.61. The Morgan fingerprint density at radius 1 is 1.44 bits per heavy atom. The normalized spacial score (nSPS) is 10.5. The maximum Gasteiger partial charge on any atom is 0.129 e. The lowest BCUT2D eigenvalue weighted by molar-refractivity contribution is 0.196. The van der Waals surface area contributed by atoms with Gasteiger partial charge in [0.15, 0.2) is 0 Å². The molecule has 0 bridgehead atoms. The zero-order valence-electron chi connectivity index (χ0n) is 9.87. The summed E-state index contributed by atoms with van der Waals surface area (Å²) in [4.78, 5) is 2.00. The molecule has 2 N–H and O–H groups in total. The van der Waals surface area contributed by atoms with Crippen molar-refractivity contribution in [3.05, 3.63) is 29.6 Å². The fraction of sp³-hybridized carbons (Fsp3) is 0.500. The number of anilines is 1. The molecule has 1 aromatic rings. The summed E-state index contributed by atoms with van der Waals surface area (Å²) in [5.41, 5.74) is 6.82. The van der Waals surface area contributed by atoms with Crippen LogP contribution in [0.25, 0.3) is 0 Å². The highest BCUT2D eigenvalue weighted by atomic mass is 19.1. The summed E-state index contributed by atoms with van der Waals surface area (Å²) in [5.74, 6) is -0.237. The van der Waals surface area contributed by atoms with E-state index in [0.29, 0.717) is 12.2 Å². The number of halogens is 1. The van der Waals surface area contributed by atoms with Gasteiger partial charge in [-0.15, -0.1) is 0 Å². The van der Waals surface area contributed by atoms with Crippen molar-refractivity contribution in [1.82, 2.24) is 0 Å². The van der Waals surface area contributed by atoms with Crippen molar-refractivity contribution in [3.63, 3.8) is 0 Å². The molecule has 4 heteroatoms. The van der Waals surface area contributed by atoms with Gasteiger partial charge in [0.1, 0.15) is 5.82 Å². The molecule has 1 rings (SSSR count). The van der Waals surface area contributed by atoms with Gasteiger partial charge in [0.05, 0.1) is 0 Å². The number of nitrogens with two attached hydrogens (primary N) is 1. The third-order valence-corrected chi connectivity index (χ3v) is 2.54. The van der Waals surface area contributed by atoms with Crippen molar-refractivity contribution < 1.29 is 9.13 Å². The lowest BCUT2D eigenvalue weighted by Crippen LogP contribution is -2.20. The SMILES string of the molecule is COCCCN(C)c1ccc(CN)c(F)c1. The van der Waals surface area contributed by atoms with E-state index < -0.39 is 0 Å². The van der Waals surface area contributed by atoms with Crippen molar-refractivity contribution in [2.75, 3.05) is 32.2 Å². The van der Waals surface area contributed by atoms with Crippen LogP contribution in [0.3, 0.4) is 0 Å². The summed E-state index contributed by atoms with van der Waals surface area (Å²) < 4.78 is 18.4. The minimum absolute atomic E-state index is 0.236. The standard InChI is InChI=1S/C12H19FN2O/c1-15(6-3-7-16-2)11-5-4-10(9-14)12(13)8-11/h4-5,8H,3,6-7,9,14H2,1-2H3. The zero-order valence-corrected chi connectivity index (χ0v) is 9.87. The highest BCUT2D eigenvalue weighted by Crippen LogP contribution is 2.17. The van der Waals surface area contributed by atoms with Crippen molar-refractivity contribution in [3.8, 4) is 0 Å². The lowest BCUT2D eigenvalue weighted by atomic mass is 10.2. The van der Waals surface area contributed by atoms with Crippen molar-refractivity contribution in [2.45, 2.75) is 13.0 Å². The number of ether oxygens (including phenoxy) is 1. The van der Waals surface area contributed by atoms with Crippen molar-refractivity contribution in [2.24, 2.45) is 5.73 Å². The van der Waals surface area contributed by atoms with Crippen LogP contribution in [0.15, 0.2) is 18.2 Å². The molecule has 0 aliphatic rings. The van der Waals surface area contributed by atoms with E-state index in [0.717, 1.165) is 18.7 Å². The molecule has 0 atom stereocenters. The number of hydrogen-bond acceptors (Lipinski definition) is 3. The van der Waals surface area contributed by atoms with Crippen molar-refractivity contribution >= 4 is 5.69 Å². The Bertz CT molecular complexity index is 331. The van der Waals surface area contributed by atoms with Gasteiger partial charge < -0.3 is 15.4 Å². The van der Waals surface area contributed by atoms with Crippen LogP contribution in [0, 0.1) is 5.82 Å². The first-order chi connectivity index (χ1) is 7.69. The molecule has 0 unspecified atom stereocenters. The minimum Gasteiger partial charge on any atom is -0.385 e. The van der Waals surface area contributed by atoms with E-state index in [1.807, 2.05) is 18.0 Å². The minimum atomic E-state index is -0.237. The number of hydrogen-bond donors (Lipinski definition) is 1. The average Bonchev–Trinajstić information content (AvgIpc) is 2.29. The molecule has 0 aliphatic carbocycles. The van der Waals surface area contributed by atoms with Gasteiger partial charge >= 0.3 is 0 Å². The van der Waals surface area contributed by atoms with Crippen molar-refractivity contribution in [1.29, 1.82) is 0 Å². The Balaban J connectivity index is 2.62. The molecule has 90 valence electrons. The number of benzene rings is 1. The van der Waals surface area contributed by atoms with Gasteiger partial charge in [-0.25, -0.2) is 4.39 Å². The maximum absolute atomic E-state index is 13.5. The largest absolute Gasteiger partial charge is 0.385 e. The summed E-state index contributed by atoms with van der Waals surface area (Å²) in [6, 6.07) is 5.14. The second-order valence-electron chi connectivity index (χ2n) is 3.75. The van der Waals surface area contributed by atoms with Gasteiger partial charge in [-0.3, -0.25) is 0 Å². The molecular weight excluding hydrogens is 207 g/mol. The molecule has 0 heterocycles.